The Morgan fingerprint density at radius 2 is 1.72 bits per heavy atom. The highest BCUT2D eigenvalue weighted by atomic mass is 16.6. The third-order valence-corrected chi connectivity index (χ3v) is 3.30. The number of nitrogens with zero attached hydrogens (tertiary/aromatic N) is 2. The molecule has 130 valence electrons. The molecule has 2 aromatic rings. The van der Waals surface area contributed by atoms with Crippen LogP contribution in [0.15, 0.2) is 41.3 Å². The van der Waals surface area contributed by atoms with E-state index in [-0.39, 0.29) is 23.7 Å². The van der Waals surface area contributed by atoms with Crippen molar-refractivity contribution < 1.29 is 14.5 Å². The molecule has 0 aliphatic rings. The van der Waals surface area contributed by atoms with Gasteiger partial charge in [-0.3, -0.25) is 29.1 Å². The molecule has 0 unspecified atom stereocenters. The van der Waals surface area contributed by atoms with Crippen molar-refractivity contribution in [3.63, 3.8) is 0 Å². The third kappa shape index (κ3) is 4.74. The Balaban J connectivity index is 2.10. The number of aryl methyl sites for hydroxylation is 1. The lowest BCUT2D eigenvalue weighted by Gasteiger charge is -2.09. The SMILES string of the molecule is CC(=O)Nc1ccc(NC(=O)Cn2cc([N+](=O)[O-])c(C)cc2=O)cc1. The number of benzene rings is 1. The van der Waals surface area contributed by atoms with Crippen LogP contribution in [0.2, 0.25) is 0 Å². The number of aromatic nitrogens is 1. The van der Waals surface area contributed by atoms with Gasteiger partial charge in [0, 0.05) is 29.9 Å². The van der Waals surface area contributed by atoms with Crippen molar-refractivity contribution >= 4 is 28.9 Å². The average molecular weight is 344 g/mol. The van der Waals surface area contributed by atoms with Gasteiger partial charge in [0.1, 0.15) is 6.54 Å². The van der Waals surface area contributed by atoms with Gasteiger partial charge in [0.05, 0.1) is 11.1 Å². The summed E-state index contributed by atoms with van der Waals surface area (Å²) in [5.74, 6) is -0.718. The number of carbonyl (C=O) groups is 2. The topological polar surface area (TPSA) is 123 Å². The smallest absolute Gasteiger partial charge is 0.288 e. The van der Waals surface area contributed by atoms with Gasteiger partial charge < -0.3 is 10.6 Å². The van der Waals surface area contributed by atoms with E-state index in [2.05, 4.69) is 10.6 Å². The highest BCUT2D eigenvalue weighted by molar-refractivity contribution is 5.92. The molecule has 0 fully saturated rings. The molecule has 2 N–H and O–H groups in total. The maximum Gasteiger partial charge on any atom is 0.288 e. The van der Waals surface area contributed by atoms with Crippen LogP contribution in [-0.2, 0) is 16.1 Å². The minimum absolute atomic E-state index is 0.211. The van der Waals surface area contributed by atoms with Crippen LogP contribution in [0.5, 0.6) is 0 Å². The van der Waals surface area contributed by atoms with Gasteiger partial charge in [-0.15, -0.1) is 0 Å². The number of anilines is 2. The number of nitro groups is 1. The summed E-state index contributed by atoms with van der Waals surface area (Å²) in [4.78, 5) is 45.2. The first-order valence-corrected chi connectivity index (χ1v) is 7.29. The molecule has 0 atom stereocenters. The number of amides is 2. The van der Waals surface area contributed by atoms with Gasteiger partial charge in [-0.2, -0.15) is 0 Å². The van der Waals surface area contributed by atoms with Crippen molar-refractivity contribution in [2.24, 2.45) is 0 Å². The molecule has 0 saturated heterocycles. The van der Waals surface area contributed by atoms with Crippen LogP contribution >= 0.6 is 0 Å². The first kappa shape index (κ1) is 17.9. The normalized spacial score (nSPS) is 10.2. The van der Waals surface area contributed by atoms with Crippen molar-refractivity contribution in [1.82, 2.24) is 4.57 Å². The fourth-order valence-electron chi connectivity index (χ4n) is 2.17. The van der Waals surface area contributed by atoms with E-state index < -0.39 is 16.4 Å². The molecule has 1 heterocycles. The van der Waals surface area contributed by atoms with E-state index in [9.17, 15) is 24.5 Å². The Kier molecular flexibility index (Phi) is 5.28. The number of pyridine rings is 1. The minimum atomic E-state index is -0.607. The van der Waals surface area contributed by atoms with Crippen molar-refractivity contribution in [3.05, 3.63) is 62.6 Å². The van der Waals surface area contributed by atoms with Crippen LogP contribution in [0.1, 0.15) is 12.5 Å². The summed E-state index contributed by atoms with van der Waals surface area (Å²) < 4.78 is 0.978. The number of hydrogen-bond donors (Lipinski definition) is 2. The molecule has 0 aliphatic heterocycles. The summed E-state index contributed by atoms with van der Waals surface area (Å²) in [6, 6.07) is 7.51. The second kappa shape index (κ2) is 7.39. The van der Waals surface area contributed by atoms with Crippen LogP contribution in [0.25, 0.3) is 0 Å². The summed E-state index contributed by atoms with van der Waals surface area (Å²) in [7, 11) is 0. The quantitative estimate of drug-likeness (QED) is 0.631. The highest BCUT2D eigenvalue weighted by Gasteiger charge is 2.15. The predicted molar refractivity (Wildman–Crippen MR) is 91.5 cm³/mol. The van der Waals surface area contributed by atoms with E-state index in [1.807, 2.05) is 0 Å². The fourth-order valence-corrected chi connectivity index (χ4v) is 2.17. The molecular weight excluding hydrogens is 328 g/mol. The van der Waals surface area contributed by atoms with Crippen LogP contribution in [0.4, 0.5) is 17.1 Å². The van der Waals surface area contributed by atoms with Gasteiger partial charge in [0.25, 0.3) is 11.2 Å². The zero-order chi connectivity index (χ0) is 18.6. The number of nitrogens with one attached hydrogen (secondary N) is 2. The highest BCUT2D eigenvalue weighted by Crippen LogP contribution is 2.15. The van der Waals surface area contributed by atoms with Gasteiger partial charge >= 0.3 is 0 Å². The molecule has 0 bridgehead atoms. The Labute approximate surface area is 142 Å². The predicted octanol–water partition coefficient (Wildman–Crippen LogP) is 1.66. The minimum Gasteiger partial charge on any atom is -0.326 e. The molecular formula is C16H16N4O5. The van der Waals surface area contributed by atoms with Gasteiger partial charge in [-0.25, -0.2) is 0 Å². The maximum atomic E-state index is 12.1. The lowest BCUT2D eigenvalue weighted by atomic mass is 10.2. The number of rotatable bonds is 5. The molecule has 0 radical (unpaired) electrons. The average Bonchev–Trinajstić information content (AvgIpc) is 2.51. The van der Waals surface area contributed by atoms with Crippen LogP contribution in [0.3, 0.4) is 0 Å². The molecule has 2 amide bonds. The lowest BCUT2D eigenvalue weighted by molar-refractivity contribution is -0.385. The molecule has 2 rings (SSSR count). The van der Waals surface area contributed by atoms with Crippen molar-refractivity contribution in [3.8, 4) is 0 Å². The summed E-state index contributed by atoms with van der Waals surface area (Å²) >= 11 is 0. The third-order valence-electron chi connectivity index (χ3n) is 3.30. The van der Waals surface area contributed by atoms with Crippen LogP contribution in [0, 0.1) is 17.0 Å². The molecule has 1 aromatic carbocycles. The van der Waals surface area contributed by atoms with E-state index in [0.717, 1.165) is 16.8 Å². The maximum absolute atomic E-state index is 12.1. The van der Waals surface area contributed by atoms with Gasteiger partial charge in [-0.1, -0.05) is 0 Å². The van der Waals surface area contributed by atoms with Gasteiger partial charge in [0.15, 0.2) is 0 Å². The molecule has 25 heavy (non-hydrogen) atoms. The van der Waals surface area contributed by atoms with E-state index in [0.29, 0.717) is 11.4 Å². The fraction of sp³-hybridized carbons (Fsp3) is 0.188. The first-order chi connectivity index (χ1) is 11.8. The summed E-state index contributed by atoms with van der Waals surface area (Å²) in [6.45, 7) is 2.49. The zero-order valence-corrected chi connectivity index (χ0v) is 13.6. The lowest BCUT2D eigenvalue weighted by Crippen LogP contribution is -2.27. The molecule has 9 nitrogen and oxygen atoms in total. The Bertz CT molecular complexity index is 886. The van der Waals surface area contributed by atoms with Crippen molar-refractivity contribution in [2.75, 3.05) is 10.6 Å². The largest absolute Gasteiger partial charge is 0.326 e. The van der Waals surface area contributed by atoms with E-state index in [1.54, 1.807) is 24.3 Å². The van der Waals surface area contributed by atoms with Crippen molar-refractivity contribution in [1.29, 1.82) is 0 Å². The summed E-state index contributed by atoms with van der Waals surface area (Å²) in [5, 5.41) is 16.1. The zero-order valence-electron chi connectivity index (χ0n) is 13.6. The number of hydrogen-bond acceptors (Lipinski definition) is 5. The van der Waals surface area contributed by atoms with Gasteiger partial charge in [-0.05, 0) is 31.2 Å². The van der Waals surface area contributed by atoms with Crippen LogP contribution < -0.4 is 16.2 Å². The van der Waals surface area contributed by atoms with E-state index in [4.69, 9.17) is 0 Å². The Hall–Kier alpha value is -3.49. The first-order valence-electron chi connectivity index (χ1n) is 7.29. The van der Waals surface area contributed by atoms with E-state index >= 15 is 0 Å². The van der Waals surface area contributed by atoms with E-state index in [1.165, 1.54) is 13.8 Å². The monoisotopic (exact) mass is 344 g/mol. The molecule has 0 saturated carbocycles. The Morgan fingerprint density at radius 1 is 1.16 bits per heavy atom. The second-order valence-electron chi connectivity index (χ2n) is 5.37. The van der Waals surface area contributed by atoms with Crippen molar-refractivity contribution in [2.45, 2.75) is 20.4 Å². The molecule has 0 aliphatic carbocycles. The standard InChI is InChI=1S/C16H16N4O5/c1-10-7-16(23)19(8-14(10)20(24)25)9-15(22)18-13-5-3-12(4-6-13)17-11(2)21/h3-8H,9H2,1-2H3,(H,17,21)(H,18,22). The molecule has 9 heteroatoms. The van der Waals surface area contributed by atoms with Gasteiger partial charge in [0.2, 0.25) is 11.8 Å². The summed E-state index contributed by atoms with van der Waals surface area (Å²) in [5.41, 5.74) is 0.552. The Morgan fingerprint density at radius 3 is 2.24 bits per heavy atom. The number of carbonyl (C=O) groups excluding carboxylic acids is 2. The second-order valence-corrected chi connectivity index (χ2v) is 5.37. The molecule has 0 spiro atoms. The summed E-state index contributed by atoms with van der Waals surface area (Å²) in [6.07, 6.45) is 1.05. The van der Waals surface area contributed by atoms with Crippen LogP contribution in [-0.4, -0.2) is 21.3 Å². The molecule has 1 aromatic heterocycles.